The molecule has 3 aromatic rings. The maximum Gasteiger partial charge on any atom is 0.242 e. The average molecular weight is 464 g/mol. The largest absolute Gasteiger partial charge is 0.494 e. The van der Waals surface area contributed by atoms with E-state index in [0.29, 0.717) is 11.5 Å². The van der Waals surface area contributed by atoms with Crippen LogP contribution in [-0.2, 0) is 17.9 Å². The zero-order chi connectivity index (χ0) is 23.1. The molecule has 4 N–H and O–H groups in total. The summed E-state index contributed by atoms with van der Waals surface area (Å²) < 4.78 is 20.9. The minimum atomic E-state index is -0.537. The Labute approximate surface area is 188 Å². The number of methoxy groups -OCH3 is 1. The molecule has 1 atom stereocenters. The molecule has 0 saturated heterocycles. The Morgan fingerprint density at radius 2 is 2.19 bits per heavy atom. The number of ether oxygens (including phenoxy) is 1. The number of rotatable bonds is 10. The highest BCUT2D eigenvalue weighted by molar-refractivity contribution is 6.31. The minimum Gasteiger partial charge on any atom is -0.494 e. The second-order valence-corrected chi connectivity index (χ2v) is 7.27. The predicted octanol–water partition coefficient (Wildman–Crippen LogP) is 2.33. The van der Waals surface area contributed by atoms with Crippen LogP contribution >= 0.6 is 11.6 Å². The molecule has 0 radical (unpaired) electrons. The molecule has 32 heavy (non-hydrogen) atoms. The Morgan fingerprint density at radius 3 is 2.94 bits per heavy atom. The summed E-state index contributed by atoms with van der Waals surface area (Å²) in [5.41, 5.74) is 0.834. The van der Waals surface area contributed by atoms with Gasteiger partial charge in [0.1, 0.15) is 12.4 Å². The highest BCUT2D eigenvalue weighted by Gasteiger charge is 2.13. The smallest absolute Gasteiger partial charge is 0.242 e. The van der Waals surface area contributed by atoms with E-state index in [-0.39, 0.29) is 53.9 Å². The third kappa shape index (κ3) is 6.05. The quantitative estimate of drug-likeness (QED) is 0.361. The van der Waals surface area contributed by atoms with Gasteiger partial charge in [0, 0.05) is 35.6 Å². The van der Waals surface area contributed by atoms with Crippen LogP contribution in [0.25, 0.3) is 0 Å². The predicted molar refractivity (Wildman–Crippen MR) is 118 cm³/mol. The monoisotopic (exact) mass is 463 g/mol. The zero-order valence-electron chi connectivity index (χ0n) is 17.5. The minimum absolute atomic E-state index is 0.00132. The molecule has 1 aromatic carbocycles. The van der Waals surface area contributed by atoms with Crippen molar-refractivity contribution >= 4 is 35.0 Å². The second kappa shape index (κ2) is 10.7. The Kier molecular flexibility index (Phi) is 7.79. The highest BCUT2D eigenvalue weighted by Crippen LogP contribution is 2.27. The fourth-order valence-corrected chi connectivity index (χ4v) is 2.96. The number of anilines is 3. The molecule has 0 aliphatic rings. The lowest BCUT2D eigenvalue weighted by Gasteiger charge is -2.11. The molecule has 2 heterocycles. The van der Waals surface area contributed by atoms with Crippen molar-refractivity contribution in [2.45, 2.75) is 26.1 Å². The Bertz CT molecular complexity index is 1080. The topological polar surface area (TPSA) is 126 Å². The normalized spacial score (nSPS) is 11.7. The van der Waals surface area contributed by atoms with Gasteiger partial charge >= 0.3 is 0 Å². The molecule has 0 fully saturated rings. The van der Waals surface area contributed by atoms with Gasteiger partial charge in [-0.3, -0.25) is 9.48 Å². The van der Waals surface area contributed by atoms with Crippen molar-refractivity contribution in [2.24, 2.45) is 0 Å². The van der Waals surface area contributed by atoms with Crippen LogP contribution in [0.1, 0.15) is 12.5 Å². The van der Waals surface area contributed by atoms with Crippen LogP contribution in [-0.4, -0.2) is 50.5 Å². The van der Waals surface area contributed by atoms with Crippen molar-refractivity contribution < 1.29 is 19.0 Å². The Hall–Kier alpha value is -3.44. The van der Waals surface area contributed by atoms with Crippen LogP contribution in [0.2, 0.25) is 5.02 Å². The van der Waals surface area contributed by atoms with E-state index in [9.17, 15) is 9.18 Å². The van der Waals surface area contributed by atoms with Gasteiger partial charge in [0.05, 0.1) is 25.6 Å². The van der Waals surface area contributed by atoms with Gasteiger partial charge < -0.3 is 25.8 Å². The van der Waals surface area contributed by atoms with Gasteiger partial charge in [-0.25, -0.2) is 9.37 Å². The summed E-state index contributed by atoms with van der Waals surface area (Å²) in [7, 11) is 1.39. The standard InChI is InChI=1S/C20H23ClFN7O3/c1-12(11-30)26-18(31)10-29-9-13(7-25-29)27-20-23-6-5-17(28-20)24-8-14-15(21)3-4-16(32-2)19(14)22/h3-7,9,12,30H,8,10-11H2,1-2H3,(H,26,31)(H2,23,24,27,28)/t12-/m1/s1. The van der Waals surface area contributed by atoms with Crippen LogP contribution in [0.3, 0.4) is 0 Å². The number of benzene rings is 1. The summed E-state index contributed by atoms with van der Waals surface area (Å²) >= 11 is 6.11. The lowest BCUT2D eigenvalue weighted by molar-refractivity contribution is -0.122. The van der Waals surface area contributed by atoms with Crippen molar-refractivity contribution in [2.75, 3.05) is 24.4 Å². The number of amides is 1. The number of hydrogen-bond acceptors (Lipinski definition) is 8. The summed E-state index contributed by atoms with van der Waals surface area (Å²) in [6.07, 6.45) is 4.69. The lowest BCUT2D eigenvalue weighted by Crippen LogP contribution is -2.37. The third-order valence-electron chi connectivity index (χ3n) is 4.35. The second-order valence-electron chi connectivity index (χ2n) is 6.86. The molecule has 10 nitrogen and oxygen atoms in total. The molecule has 0 aliphatic heterocycles. The fraction of sp³-hybridized carbons (Fsp3) is 0.300. The van der Waals surface area contributed by atoms with Crippen LogP contribution in [0, 0.1) is 5.82 Å². The number of nitrogens with zero attached hydrogens (tertiary/aromatic N) is 4. The van der Waals surface area contributed by atoms with E-state index in [2.05, 4.69) is 31.0 Å². The molecular formula is C20H23ClFN7O3. The molecule has 12 heteroatoms. The first-order valence-corrected chi connectivity index (χ1v) is 10.0. The highest BCUT2D eigenvalue weighted by atomic mass is 35.5. The Morgan fingerprint density at radius 1 is 1.38 bits per heavy atom. The number of aliphatic hydroxyl groups is 1. The van der Waals surface area contributed by atoms with Gasteiger partial charge in [-0.2, -0.15) is 10.1 Å². The van der Waals surface area contributed by atoms with E-state index in [1.165, 1.54) is 30.3 Å². The van der Waals surface area contributed by atoms with E-state index in [4.69, 9.17) is 21.4 Å². The molecule has 1 amide bonds. The zero-order valence-corrected chi connectivity index (χ0v) is 18.2. The first-order chi connectivity index (χ1) is 15.4. The molecule has 0 unspecified atom stereocenters. The van der Waals surface area contributed by atoms with Gasteiger partial charge in [-0.1, -0.05) is 11.6 Å². The first-order valence-electron chi connectivity index (χ1n) is 9.67. The number of carbonyl (C=O) groups is 1. The molecule has 0 bridgehead atoms. The summed E-state index contributed by atoms with van der Waals surface area (Å²) in [5, 5.41) is 22.0. The van der Waals surface area contributed by atoms with E-state index >= 15 is 0 Å². The fourth-order valence-electron chi connectivity index (χ4n) is 2.75. The van der Waals surface area contributed by atoms with Crippen molar-refractivity contribution in [3.63, 3.8) is 0 Å². The summed E-state index contributed by atoms with van der Waals surface area (Å²) in [6, 6.07) is 4.33. The molecule has 0 aliphatic carbocycles. The van der Waals surface area contributed by atoms with E-state index in [0.717, 1.165) is 0 Å². The van der Waals surface area contributed by atoms with Gasteiger partial charge in [0.2, 0.25) is 11.9 Å². The summed E-state index contributed by atoms with van der Waals surface area (Å²) in [6.45, 7) is 1.65. The van der Waals surface area contributed by atoms with Gasteiger partial charge in [0.15, 0.2) is 11.6 Å². The summed E-state index contributed by atoms with van der Waals surface area (Å²) in [4.78, 5) is 20.4. The third-order valence-corrected chi connectivity index (χ3v) is 4.70. The lowest BCUT2D eigenvalue weighted by atomic mass is 10.2. The average Bonchev–Trinajstić information content (AvgIpc) is 3.20. The van der Waals surface area contributed by atoms with Crippen LogP contribution < -0.4 is 20.7 Å². The molecule has 0 saturated carbocycles. The van der Waals surface area contributed by atoms with E-state index < -0.39 is 5.82 Å². The number of nitrogens with one attached hydrogen (secondary N) is 3. The maximum absolute atomic E-state index is 14.4. The number of aromatic nitrogens is 4. The number of halogens is 2. The van der Waals surface area contributed by atoms with E-state index in [1.807, 2.05) is 0 Å². The van der Waals surface area contributed by atoms with Crippen molar-refractivity contribution in [1.82, 2.24) is 25.1 Å². The molecule has 2 aromatic heterocycles. The Balaban J connectivity index is 1.62. The number of aliphatic hydroxyl groups excluding tert-OH is 1. The van der Waals surface area contributed by atoms with Crippen LogP contribution in [0.5, 0.6) is 5.75 Å². The van der Waals surface area contributed by atoms with Gasteiger partial charge in [-0.05, 0) is 25.1 Å². The molecule has 170 valence electrons. The van der Waals surface area contributed by atoms with Gasteiger partial charge in [0.25, 0.3) is 0 Å². The molecule has 3 rings (SSSR count). The first kappa shape index (κ1) is 23.2. The SMILES string of the molecule is COc1ccc(Cl)c(CNc2ccnc(Nc3cnn(CC(=O)N[C@H](C)CO)c3)n2)c1F. The van der Waals surface area contributed by atoms with Gasteiger partial charge in [-0.15, -0.1) is 0 Å². The maximum atomic E-state index is 14.4. The molecule has 0 spiro atoms. The van der Waals surface area contributed by atoms with Crippen LogP contribution in [0.4, 0.5) is 21.8 Å². The molecular weight excluding hydrogens is 441 g/mol. The summed E-state index contributed by atoms with van der Waals surface area (Å²) in [5.74, 6) is 0.0280. The number of carbonyl (C=O) groups excluding carboxylic acids is 1. The van der Waals surface area contributed by atoms with Crippen molar-refractivity contribution in [3.05, 3.63) is 53.2 Å². The van der Waals surface area contributed by atoms with E-state index in [1.54, 1.807) is 25.3 Å². The van der Waals surface area contributed by atoms with Crippen molar-refractivity contribution in [1.29, 1.82) is 0 Å². The van der Waals surface area contributed by atoms with Crippen LogP contribution in [0.15, 0.2) is 36.8 Å². The van der Waals surface area contributed by atoms with Crippen molar-refractivity contribution in [3.8, 4) is 5.75 Å². The number of hydrogen-bond donors (Lipinski definition) is 4.